The zero-order chi connectivity index (χ0) is 16.4. The van der Waals surface area contributed by atoms with Crippen LogP contribution in [0.15, 0.2) is 59.3 Å². The van der Waals surface area contributed by atoms with Crippen LogP contribution in [0.3, 0.4) is 0 Å². The maximum atomic E-state index is 11.4. The quantitative estimate of drug-likeness (QED) is 0.742. The molecule has 0 radical (unpaired) electrons. The lowest BCUT2D eigenvalue weighted by Crippen LogP contribution is -2.01. The van der Waals surface area contributed by atoms with Gasteiger partial charge in [0.25, 0.3) is 0 Å². The molecule has 4 nitrogen and oxygen atoms in total. The third-order valence-electron chi connectivity index (χ3n) is 3.56. The van der Waals surface area contributed by atoms with Crippen molar-refractivity contribution in [1.29, 1.82) is 0 Å². The number of carboxylic acids is 2. The maximum absolute atomic E-state index is 11.4. The van der Waals surface area contributed by atoms with Crippen molar-refractivity contribution in [2.75, 3.05) is 0 Å². The molecule has 1 aromatic heterocycles. The Balaban J connectivity index is 2.23. The second kappa shape index (κ2) is 6.06. The van der Waals surface area contributed by atoms with Gasteiger partial charge in [-0.05, 0) is 34.0 Å². The normalized spacial score (nSPS) is 10.4. The second-order valence-electron chi connectivity index (χ2n) is 4.90. The molecule has 0 fully saturated rings. The van der Waals surface area contributed by atoms with E-state index in [0.29, 0.717) is 11.1 Å². The molecule has 0 unspecified atom stereocenters. The summed E-state index contributed by atoms with van der Waals surface area (Å²) in [5, 5.41) is 22.4. The van der Waals surface area contributed by atoms with E-state index in [1.54, 1.807) is 48.5 Å². The summed E-state index contributed by atoms with van der Waals surface area (Å²) < 4.78 is 0. The van der Waals surface area contributed by atoms with Crippen LogP contribution in [0.25, 0.3) is 22.3 Å². The number of hydrogen-bond acceptors (Lipinski definition) is 3. The van der Waals surface area contributed by atoms with Gasteiger partial charge in [-0.1, -0.05) is 36.4 Å². The van der Waals surface area contributed by atoms with Crippen molar-refractivity contribution in [2.24, 2.45) is 0 Å². The van der Waals surface area contributed by atoms with E-state index in [9.17, 15) is 19.8 Å². The van der Waals surface area contributed by atoms with Gasteiger partial charge in [-0.2, -0.15) is 11.3 Å². The number of carbonyl (C=O) groups is 2. The average molecular weight is 324 g/mol. The van der Waals surface area contributed by atoms with Crippen LogP contribution in [0, 0.1) is 0 Å². The standard InChI is InChI=1S/C18H12O4S/c19-17(20)13-7-3-1-5-11(13)15-9-23-10-16(15)12-6-2-4-8-14(12)18(21)22/h1-10H,(H,19,20)(H,21,22). The minimum Gasteiger partial charge on any atom is -0.478 e. The molecule has 3 rings (SSSR count). The summed E-state index contributed by atoms with van der Waals surface area (Å²) >= 11 is 1.41. The largest absolute Gasteiger partial charge is 0.478 e. The molecule has 0 bridgehead atoms. The topological polar surface area (TPSA) is 74.6 Å². The molecule has 2 aromatic carbocycles. The van der Waals surface area contributed by atoms with Gasteiger partial charge in [0.05, 0.1) is 11.1 Å². The number of aromatic carboxylic acids is 2. The molecule has 23 heavy (non-hydrogen) atoms. The minimum atomic E-state index is -1.01. The summed E-state index contributed by atoms with van der Waals surface area (Å²) in [4.78, 5) is 22.9. The van der Waals surface area contributed by atoms with E-state index in [4.69, 9.17) is 0 Å². The van der Waals surface area contributed by atoms with Crippen LogP contribution in [0.4, 0.5) is 0 Å². The van der Waals surface area contributed by atoms with Crippen molar-refractivity contribution in [3.63, 3.8) is 0 Å². The monoisotopic (exact) mass is 324 g/mol. The molecule has 114 valence electrons. The fourth-order valence-corrected chi connectivity index (χ4v) is 3.37. The van der Waals surface area contributed by atoms with E-state index >= 15 is 0 Å². The third kappa shape index (κ3) is 2.74. The summed E-state index contributed by atoms with van der Waals surface area (Å²) in [6, 6.07) is 13.4. The van der Waals surface area contributed by atoms with Crippen LogP contribution >= 0.6 is 11.3 Å². The lowest BCUT2D eigenvalue weighted by molar-refractivity contribution is 0.0686. The Hall–Kier alpha value is -2.92. The predicted molar refractivity (Wildman–Crippen MR) is 89.1 cm³/mol. The molecule has 1 heterocycles. The summed E-state index contributed by atoms with van der Waals surface area (Å²) in [6.07, 6.45) is 0. The van der Waals surface area contributed by atoms with Crippen molar-refractivity contribution in [3.8, 4) is 22.3 Å². The molecule has 3 aromatic rings. The van der Waals surface area contributed by atoms with Crippen LogP contribution in [-0.2, 0) is 0 Å². The highest BCUT2D eigenvalue weighted by atomic mass is 32.1. The van der Waals surface area contributed by atoms with Gasteiger partial charge in [0.1, 0.15) is 0 Å². The van der Waals surface area contributed by atoms with Gasteiger partial charge in [-0.25, -0.2) is 9.59 Å². The van der Waals surface area contributed by atoms with E-state index < -0.39 is 11.9 Å². The Morgan fingerprint density at radius 2 is 1.04 bits per heavy atom. The number of thiophene rings is 1. The summed E-state index contributed by atoms with van der Waals surface area (Å²) in [5.41, 5.74) is 3.00. The Morgan fingerprint density at radius 3 is 1.43 bits per heavy atom. The van der Waals surface area contributed by atoms with Crippen molar-refractivity contribution in [2.45, 2.75) is 0 Å². The van der Waals surface area contributed by atoms with E-state index in [2.05, 4.69) is 0 Å². The molecule has 0 saturated carbocycles. The van der Waals surface area contributed by atoms with Gasteiger partial charge in [-0.15, -0.1) is 0 Å². The highest BCUT2D eigenvalue weighted by molar-refractivity contribution is 7.08. The smallest absolute Gasteiger partial charge is 0.336 e. The lowest BCUT2D eigenvalue weighted by Gasteiger charge is -2.10. The van der Waals surface area contributed by atoms with Crippen LogP contribution in [-0.4, -0.2) is 22.2 Å². The maximum Gasteiger partial charge on any atom is 0.336 e. The average Bonchev–Trinajstić information content (AvgIpc) is 3.04. The number of rotatable bonds is 4. The van der Waals surface area contributed by atoms with Crippen molar-refractivity contribution in [1.82, 2.24) is 0 Å². The van der Waals surface area contributed by atoms with Crippen LogP contribution in [0.2, 0.25) is 0 Å². The van der Waals surface area contributed by atoms with Gasteiger partial charge >= 0.3 is 11.9 Å². The summed E-state index contributed by atoms with van der Waals surface area (Å²) in [5.74, 6) is -2.02. The van der Waals surface area contributed by atoms with Gasteiger partial charge in [-0.3, -0.25) is 0 Å². The zero-order valence-electron chi connectivity index (χ0n) is 11.9. The minimum absolute atomic E-state index is 0.194. The van der Waals surface area contributed by atoms with Gasteiger partial charge in [0.2, 0.25) is 0 Å². The summed E-state index contributed by atoms with van der Waals surface area (Å²) in [6.45, 7) is 0. The predicted octanol–water partition coefficient (Wildman–Crippen LogP) is 4.48. The van der Waals surface area contributed by atoms with Crippen LogP contribution in [0.1, 0.15) is 20.7 Å². The first-order chi connectivity index (χ1) is 11.1. The third-order valence-corrected chi connectivity index (χ3v) is 4.30. The Kier molecular flexibility index (Phi) is 3.95. The van der Waals surface area contributed by atoms with Gasteiger partial charge < -0.3 is 10.2 Å². The molecule has 0 amide bonds. The Bertz CT molecular complexity index is 823. The first-order valence-electron chi connectivity index (χ1n) is 6.81. The lowest BCUT2D eigenvalue weighted by atomic mass is 9.93. The van der Waals surface area contributed by atoms with E-state index in [1.807, 2.05) is 10.8 Å². The van der Waals surface area contributed by atoms with Crippen molar-refractivity contribution in [3.05, 3.63) is 70.4 Å². The first kappa shape index (κ1) is 15.0. The Morgan fingerprint density at radius 1 is 0.652 bits per heavy atom. The molecule has 0 aliphatic heterocycles. The molecule has 0 aliphatic rings. The van der Waals surface area contributed by atoms with E-state index in [0.717, 1.165) is 11.1 Å². The van der Waals surface area contributed by atoms with Crippen LogP contribution in [0.5, 0.6) is 0 Å². The molecular formula is C18H12O4S. The number of hydrogen-bond donors (Lipinski definition) is 2. The van der Waals surface area contributed by atoms with Crippen molar-refractivity contribution >= 4 is 23.3 Å². The van der Waals surface area contributed by atoms with Gasteiger partial charge in [0.15, 0.2) is 0 Å². The number of carboxylic acid groups (broad SMARTS) is 2. The summed E-state index contributed by atoms with van der Waals surface area (Å²) in [7, 11) is 0. The van der Waals surface area contributed by atoms with E-state index in [1.165, 1.54) is 11.3 Å². The number of benzene rings is 2. The van der Waals surface area contributed by atoms with Crippen molar-refractivity contribution < 1.29 is 19.8 Å². The second-order valence-corrected chi connectivity index (χ2v) is 5.64. The molecule has 0 aliphatic carbocycles. The van der Waals surface area contributed by atoms with E-state index in [-0.39, 0.29) is 11.1 Å². The fraction of sp³-hybridized carbons (Fsp3) is 0. The SMILES string of the molecule is O=C(O)c1ccccc1-c1cscc1-c1ccccc1C(=O)O. The highest BCUT2D eigenvalue weighted by Crippen LogP contribution is 2.38. The first-order valence-corrected chi connectivity index (χ1v) is 7.75. The molecule has 5 heteroatoms. The highest BCUT2D eigenvalue weighted by Gasteiger charge is 2.18. The zero-order valence-corrected chi connectivity index (χ0v) is 12.7. The van der Waals surface area contributed by atoms with Gasteiger partial charge in [0, 0.05) is 11.1 Å². The molecular weight excluding hydrogens is 312 g/mol. The van der Waals surface area contributed by atoms with Crippen LogP contribution < -0.4 is 0 Å². The fourth-order valence-electron chi connectivity index (χ4n) is 2.52. The molecule has 0 saturated heterocycles. The molecule has 2 N–H and O–H groups in total. The molecule has 0 atom stereocenters. The molecule has 0 spiro atoms. The Labute approximate surface area is 136 Å².